The summed E-state index contributed by atoms with van der Waals surface area (Å²) in [5, 5.41) is 4.24. The molecule has 1 aromatic heterocycles. The second-order valence-electron chi connectivity index (χ2n) is 8.94. The van der Waals surface area contributed by atoms with Crippen molar-refractivity contribution in [2.24, 2.45) is 5.92 Å². The van der Waals surface area contributed by atoms with Crippen LogP contribution in [0.4, 0.5) is 0 Å². The van der Waals surface area contributed by atoms with Crippen LogP contribution in [0.15, 0.2) is 18.2 Å². The van der Waals surface area contributed by atoms with Gasteiger partial charge in [0.2, 0.25) is 0 Å². The van der Waals surface area contributed by atoms with Gasteiger partial charge in [0.1, 0.15) is 0 Å². The van der Waals surface area contributed by atoms with Crippen molar-refractivity contribution in [2.75, 3.05) is 19.7 Å². The standard InChI is InChI=1S/C23H29N3O2/c1-13-4-7-19-20(8-14(2)24-22(19)15(13)3)23(27)25-17-9-18-12-28-21(16-5-6-16)11-26(18)10-17/h4,7-8,16-18,21H,5-6,9-12H2,1-3H3,(H,25,27)/t17-,18+,21-/m1/s1. The Kier molecular flexibility index (Phi) is 4.40. The molecule has 5 heteroatoms. The highest BCUT2D eigenvalue weighted by molar-refractivity contribution is 6.07. The van der Waals surface area contributed by atoms with Crippen LogP contribution in [0.3, 0.4) is 0 Å². The average molecular weight is 380 g/mol. The maximum absolute atomic E-state index is 13.2. The number of amides is 1. The Labute approximate surface area is 166 Å². The van der Waals surface area contributed by atoms with Gasteiger partial charge in [-0.15, -0.1) is 0 Å². The van der Waals surface area contributed by atoms with E-state index in [-0.39, 0.29) is 11.9 Å². The Balaban J connectivity index is 1.34. The van der Waals surface area contributed by atoms with E-state index in [4.69, 9.17) is 9.72 Å². The van der Waals surface area contributed by atoms with Crippen molar-refractivity contribution in [1.82, 2.24) is 15.2 Å². The van der Waals surface area contributed by atoms with Gasteiger partial charge < -0.3 is 10.1 Å². The number of ether oxygens (including phenoxy) is 1. The Bertz CT molecular complexity index is 937. The van der Waals surface area contributed by atoms with Crippen LogP contribution >= 0.6 is 0 Å². The molecule has 0 radical (unpaired) electrons. The summed E-state index contributed by atoms with van der Waals surface area (Å²) in [4.78, 5) is 20.4. The number of aromatic nitrogens is 1. The number of benzene rings is 1. The number of aryl methyl sites for hydroxylation is 3. The second kappa shape index (κ2) is 6.82. The van der Waals surface area contributed by atoms with Crippen molar-refractivity contribution in [2.45, 2.75) is 58.2 Å². The maximum Gasteiger partial charge on any atom is 0.252 e. The van der Waals surface area contributed by atoms with E-state index in [0.29, 0.717) is 12.1 Å². The van der Waals surface area contributed by atoms with Crippen molar-refractivity contribution >= 4 is 16.8 Å². The first-order valence-corrected chi connectivity index (χ1v) is 10.5. The van der Waals surface area contributed by atoms with Crippen LogP contribution in [0.5, 0.6) is 0 Å². The minimum Gasteiger partial charge on any atom is -0.375 e. The molecular weight excluding hydrogens is 350 g/mol. The molecule has 3 heterocycles. The summed E-state index contributed by atoms with van der Waals surface area (Å²) < 4.78 is 6.09. The zero-order valence-corrected chi connectivity index (χ0v) is 17.0. The molecule has 3 aliphatic rings. The molecule has 148 valence electrons. The number of nitrogens with zero attached hydrogens (tertiary/aromatic N) is 2. The third-order valence-corrected chi connectivity index (χ3v) is 6.81. The van der Waals surface area contributed by atoms with Gasteiger partial charge in [0.15, 0.2) is 0 Å². The van der Waals surface area contributed by atoms with Crippen LogP contribution in [-0.4, -0.2) is 53.7 Å². The van der Waals surface area contributed by atoms with Crippen molar-refractivity contribution in [3.63, 3.8) is 0 Å². The van der Waals surface area contributed by atoms with Crippen LogP contribution in [0.2, 0.25) is 0 Å². The number of pyridine rings is 1. The zero-order valence-electron chi connectivity index (χ0n) is 17.0. The van der Waals surface area contributed by atoms with Gasteiger partial charge in [0.25, 0.3) is 5.91 Å². The summed E-state index contributed by atoms with van der Waals surface area (Å²) in [6.45, 7) is 8.90. The number of carbonyl (C=O) groups excluding carboxylic acids is 1. The fraction of sp³-hybridized carbons (Fsp3) is 0.565. The fourth-order valence-corrected chi connectivity index (χ4v) is 4.87. The number of nitrogens with one attached hydrogen (secondary N) is 1. The van der Waals surface area contributed by atoms with E-state index in [0.717, 1.165) is 59.8 Å². The van der Waals surface area contributed by atoms with Gasteiger partial charge >= 0.3 is 0 Å². The minimum atomic E-state index is 0.0169. The SMILES string of the molecule is Cc1cc(C(=O)N[C@@H]2C[C@H]3CO[C@@H](C4CC4)CN3C2)c2ccc(C)c(C)c2n1. The molecular formula is C23H29N3O2. The van der Waals surface area contributed by atoms with Gasteiger partial charge in [-0.2, -0.15) is 0 Å². The number of fused-ring (bicyclic) bond motifs is 2. The smallest absolute Gasteiger partial charge is 0.252 e. The molecule has 1 N–H and O–H groups in total. The third kappa shape index (κ3) is 3.20. The largest absolute Gasteiger partial charge is 0.375 e. The van der Waals surface area contributed by atoms with Crippen LogP contribution < -0.4 is 5.32 Å². The molecule has 2 saturated heterocycles. The lowest BCUT2D eigenvalue weighted by Gasteiger charge is -2.35. The molecule has 3 fully saturated rings. The third-order valence-electron chi connectivity index (χ3n) is 6.81. The molecule has 5 rings (SSSR count). The summed E-state index contributed by atoms with van der Waals surface area (Å²) in [6.07, 6.45) is 4.01. The predicted molar refractivity (Wildman–Crippen MR) is 110 cm³/mol. The lowest BCUT2D eigenvalue weighted by Crippen LogP contribution is -2.47. The molecule has 1 aliphatic carbocycles. The number of morpholine rings is 1. The molecule has 0 unspecified atom stereocenters. The molecule has 0 bridgehead atoms. The number of rotatable bonds is 3. The lowest BCUT2D eigenvalue weighted by molar-refractivity contribution is -0.0581. The molecule has 1 aromatic carbocycles. The Morgan fingerprint density at radius 2 is 2.04 bits per heavy atom. The second-order valence-corrected chi connectivity index (χ2v) is 8.94. The number of hydrogen-bond donors (Lipinski definition) is 1. The molecule has 28 heavy (non-hydrogen) atoms. The van der Waals surface area contributed by atoms with Crippen molar-refractivity contribution in [3.05, 3.63) is 40.6 Å². The summed E-state index contributed by atoms with van der Waals surface area (Å²) >= 11 is 0. The molecule has 3 atom stereocenters. The quantitative estimate of drug-likeness (QED) is 0.890. The molecule has 2 aliphatic heterocycles. The Morgan fingerprint density at radius 1 is 1.21 bits per heavy atom. The molecule has 5 nitrogen and oxygen atoms in total. The highest BCUT2D eigenvalue weighted by Crippen LogP contribution is 2.38. The summed E-state index contributed by atoms with van der Waals surface area (Å²) in [5.41, 5.74) is 4.92. The fourth-order valence-electron chi connectivity index (χ4n) is 4.87. The topological polar surface area (TPSA) is 54.5 Å². The van der Waals surface area contributed by atoms with Crippen molar-refractivity contribution in [1.29, 1.82) is 0 Å². The van der Waals surface area contributed by atoms with Crippen LogP contribution in [0.25, 0.3) is 10.9 Å². The van der Waals surface area contributed by atoms with E-state index >= 15 is 0 Å². The summed E-state index contributed by atoms with van der Waals surface area (Å²) in [6, 6.07) is 6.66. The Hall–Kier alpha value is -1.98. The van der Waals surface area contributed by atoms with Gasteiger partial charge in [-0.05, 0) is 63.1 Å². The van der Waals surface area contributed by atoms with E-state index in [9.17, 15) is 4.79 Å². The first-order chi connectivity index (χ1) is 13.5. The first-order valence-electron chi connectivity index (χ1n) is 10.5. The monoisotopic (exact) mass is 379 g/mol. The Morgan fingerprint density at radius 3 is 2.82 bits per heavy atom. The van der Waals surface area contributed by atoms with Crippen molar-refractivity contribution in [3.8, 4) is 0 Å². The van der Waals surface area contributed by atoms with Gasteiger partial charge in [0.05, 0.1) is 23.8 Å². The van der Waals surface area contributed by atoms with Crippen LogP contribution in [0.1, 0.15) is 46.4 Å². The average Bonchev–Trinajstić information content (AvgIpc) is 3.44. The molecule has 1 amide bonds. The van der Waals surface area contributed by atoms with Gasteiger partial charge in [-0.3, -0.25) is 14.7 Å². The minimum absolute atomic E-state index is 0.0169. The van der Waals surface area contributed by atoms with E-state index in [2.05, 4.69) is 30.1 Å². The van der Waals surface area contributed by atoms with E-state index in [1.807, 2.05) is 19.1 Å². The summed E-state index contributed by atoms with van der Waals surface area (Å²) in [7, 11) is 0. The van der Waals surface area contributed by atoms with E-state index in [1.165, 1.54) is 18.4 Å². The number of carbonyl (C=O) groups is 1. The summed E-state index contributed by atoms with van der Waals surface area (Å²) in [5.74, 6) is 0.788. The van der Waals surface area contributed by atoms with Gasteiger partial charge in [-0.25, -0.2) is 0 Å². The molecule has 1 saturated carbocycles. The maximum atomic E-state index is 13.2. The van der Waals surface area contributed by atoms with E-state index in [1.54, 1.807) is 0 Å². The van der Waals surface area contributed by atoms with E-state index < -0.39 is 0 Å². The van der Waals surface area contributed by atoms with Crippen LogP contribution in [0, 0.1) is 26.7 Å². The first kappa shape index (κ1) is 18.1. The normalized spacial score (nSPS) is 27.8. The lowest BCUT2D eigenvalue weighted by atomic mass is 10.0. The predicted octanol–water partition coefficient (Wildman–Crippen LogP) is 3.14. The number of hydrogen-bond acceptors (Lipinski definition) is 4. The molecule has 0 spiro atoms. The van der Waals surface area contributed by atoms with Gasteiger partial charge in [0, 0.05) is 36.3 Å². The molecule has 2 aromatic rings. The van der Waals surface area contributed by atoms with Crippen molar-refractivity contribution < 1.29 is 9.53 Å². The zero-order chi connectivity index (χ0) is 19.4. The van der Waals surface area contributed by atoms with Gasteiger partial charge in [-0.1, -0.05) is 12.1 Å². The highest BCUT2D eigenvalue weighted by Gasteiger charge is 2.42. The van der Waals surface area contributed by atoms with Crippen LogP contribution in [-0.2, 0) is 4.74 Å². The highest BCUT2D eigenvalue weighted by atomic mass is 16.5.